The van der Waals surface area contributed by atoms with Crippen molar-refractivity contribution in [3.05, 3.63) is 40.4 Å². The molecule has 1 heterocycles. The molecule has 18 heavy (non-hydrogen) atoms. The molecule has 0 aliphatic carbocycles. The van der Waals surface area contributed by atoms with E-state index in [2.05, 4.69) is 5.18 Å². The van der Waals surface area contributed by atoms with Gasteiger partial charge in [0.2, 0.25) is 0 Å². The summed E-state index contributed by atoms with van der Waals surface area (Å²) in [5.74, 6) is -1.73. The summed E-state index contributed by atoms with van der Waals surface area (Å²) in [5.41, 5.74) is -0.417. The van der Waals surface area contributed by atoms with Crippen LogP contribution in [0.3, 0.4) is 0 Å². The van der Waals surface area contributed by atoms with Gasteiger partial charge in [-0.2, -0.15) is 4.91 Å². The van der Waals surface area contributed by atoms with E-state index >= 15 is 0 Å². The van der Waals surface area contributed by atoms with Crippen molar-refractivity contribution in [1.29, 1.82) is 0 Å². The number of hydrogen-bond donors (Lipinski definition) is 0. The second-order valence-corrected chi connectivity index (χ2v) is 5.11. The molecule has 96 valence electrons. The number of halogens is 2. The van der Waals surface area contributed by atoms with Crippen LogP contribution in [0.5, 0.6) is 0 Å². The van der Waals surface area contributed by atoms with Crippen LogP contribution in [0.15, 0.2) is 23.5 Å². The average Bonchev–Trinajstić information content (AvgIpc) is 2.68. The van der Waals surface area contributed by atoms with Crippen LogP contribution in [0.2, 0.25) is 0 Å². The minimum atomic E-state index is -0.878. The van der Waals surface area contributed by atoms with Crippen LogP contribution in [0.25, 0.3) is 10.9 Å². The summed E-state index contributed by atoms with van der Waals surface area (Å²) in [6, 6.07) is 3.29. The maximum absolute atomic E-state index is 13.9. The van der Waals surface area contributed by atoms with Gasteiger partial charge in [0.05, 0.1) is 12.1 Å². The molecule has 0 radical (unpaired) electrons. The summed E-state index contributed by atoms with van der Waals surface area (Å²) >= 11 is 0. The Morgan fingerprint density at radius 1 is 1.33 bits per heavy atom. The van der Waals surface area contributed by atoms with E-state index in [0.717, 1.165) is 0 Å². The first-order valence-electron chi connectivity index (χ1n) is 5.64. The number of aromatic nitrogens is 1. The van der Waals surface area contributed by atoms with Crippen LogP contribution in [0.4, 0.5) is 8.78 Å². The van der Waals surface area contributed by atoms with Crippen molar-refractivity contribution in [2.75, 3.05) is 0 Å². The third-order valence-corrected chi connectivity index (χ3v) is 2.92. The molecule has 1 aromatic heterocycles. The Hall–Kier alpha value is -1.78. The van der Waals surface area contributed by atoms with Crippen molar-refractivity contribution < 1.29 is 8.78 Å². The van der Waals surface area contributed by atoms with E-state index in [1.54, 1.807) is 32.2 Å². The molecule has 2 aromatic rings. The summed E-state index contributed by atoms with van der Waals surface area (Å²) < 4.78 is 29.0. The first-order chi connectivity index (χ1) is 8.35. The maximum atomic E-state index is 13.9. The lowest BCUT2D eigenvalue weighted by Crippen LogP contribution is -2.23. The zero-order chi connectivity index (χ0) is 13.5. The first kappa shape index (κ1) is 12.7. The Bertz CT molecular complexity index is 617. The van der Waals surface area contributed by atoms with Gasteiger partial charge in [0, 0.05) is 11.6 Å². The number of nitrogens with zero attached hydrogens (tertiary/aromatic N) is 2. The van der Waals surface area contributed by atoms with Gasteiger partial charge in [0.15, 0.2) is 11.6 Å². The van der Waals surface area contributed by atoms with E-state index in [0.29, 0.717) is 5.39 Å². The number of hydrogen-bond acceptors (Lipinski definition) is 2. The topological polar surface area (TPSA) is 34.4 Å². The van der Waals surface area contributed by atoms with Gasteiger partial charge < -0.3 is 4.57 Å². The summed E-state index contributed by atoms with van der Waals surface area (Å²) in [5, 5.41) is 3.60. The Kier molecular flexibility index (Phi) is 2.92. The molecule has 0 saturated carbocycles. The minimum Gasteiger partial charge on any atom is -0.342 e. The molecule has 0 atom stereocenters. The predicted molar refractivity (Wildman–Crippen MR) is 66.5 cm³/mol. The fraction of sp³-hybridized carbons (Fsp3) is 0.385. The lowest BCUT2D eigenvalue weighted by atomic mass is 10.1. The van der Waals surface area contributed by atoms with E-state index in [1.807, 2.05) is 0 Å². The van der Waals surface area contributed by atoms with Gasteiger partial charge in [-0.25, -0.2) is 8.78 Å². The Morgan fingerprint density at radius 2 is 2.00 bits per heavy atom. The third-order valence-electron chi connectivity index (χ3n) is 2.92. The van der Waals surface area contributed by atoms with Crippen molar-refractivity contribution in [3.63, 3.8) is 0 Å². The van der Waals surface area contributed by atoms with Crippen LogP contribution >= 0.6 is 0 Å². The number of benzene rings is 1. The van der Waals surface area contributed by atoms with Gasteiger partial charge in [-0.3, -0.25) is 0 Å². The van der Waals surface area contributed by atoms with E-state index < -0.39 is 17.2 Å². The Balaban J connectivity index is 2.61. The lowest BCUT2D eigenvalue weighted by molar-refractivity contribution is 0.435. The maximum Gasteiger partial charge on any atom is 0.183 e. The molecule has 0 unspecified atom stereocenters. The summed E-state index contributed by atoms with van der Waals surface area (Å²) in [7, 11) is 0. The van der Waals surface area contributed by atoms with Crippen LogP contribution in [0, 0.1) is 23.5 Å². The molecule has 3 nitrogen and oxygen atoms in total. The van der Waals surface area contributed by atoms with E-state index in [9.17, 15) is 13.7 Å². The highest BCUT2D eigenvalue weighted by Crippen LogP contribution is 2.26. The number of rotatable bonds is 3. The molecule has 0 saturated heterocycles. The minimum absolute atomic E-state index is 0.176. The van der Waals surface area contributed by atoms with Crippen LogP contribution in [-0.2, 0) is 6.54 Å². The van der Waals surface area contributed by atoms with Crippen molar-refractivity contribution in [2.24, 2.45) is 5.18 Å². The summed E-state index contributed by atoms with van der Waals surface area (Å²) in [4.78, 5) is 10.7. The monoisotopic (exact) mass is 252 g/mol. The molecule has 0 spiro atoms. The van der Waals surface area contributed by atoms with E-state index in [-0.39, 0.29) is 17.6 Å². The molecule has 0 bridgehead atoms. The molecule has 1 aromatic carbocycles. The van der Waals surface area contributed by atoms with Gasteiger partial charge in [0.1, 0.15) is 5.54 Å². The van der Waals surface area contributed by atoms with Crippen molar-refractivity contribution in [2.45, 2.75) is 32.9 Å². The van der Waals surface area contributed by atoms with Crippen LogP contribution < -0.4 is 0 Å². The fourth-order valence-corrected chi connectivity index (χ4v) is 2.01. The Labute approximate surface area is 103 Å². The first-order valence-corrected chi connectivity index (χ1v) is 5.64. The van der Waals surface area contributed by atoms with Crippen LogP contribution in [0.1, 0.15) is 19.4 Å². The summed E-state index contributed by atoms with van der Waals surface area (Å²) in [6.07, 6.45) is 1.64. The van der Waals surface area contributed by atoms with Crippen LogP contribution in [-0.4, -0.2) is 10.1 Å². The highest BCUT2D eigenvalue weighted by molar-refractivity contribution is 5.81. The molecule has 0 aliphatic heterocycles. The Morgan fingerprint density at radius 3 is 2.61 bits per heavy atom. The molecule has 0 N–H and O–H groups in total. The quantitative estimate of drug-likeness (QED) is 0.765. The highest BCUT2D eigenvalue weighted by Gasteiger charge is 2.22. The zero-order valence-electron chi connectivity index (χ0n) is 10.5. The van der Waals surface area contributed by atoms with Gasteiger partial charge in [-0.15, -0.1) is 0 Å². The zero-order valence-corrected chi connectivity index (χ0v) is 10.5. The molecule has 0 aliphatic rings. The normalized spacial score (nSPS) is 12.1. The van der Waals surface area contributed by atoms with Gasteiger partial charge >= 0.3 is 0 Å². The number of aryl methyl sites for hydroxylation is 1. The third kappa shape index (κ3) is 2.00. The molecular weight excluding hydrogens is 238 g/mol. The molecule has 2 rings (SSSR count). The standard InChI is InChI=1S/C13H14F2N2O/c1-8-6-9-4-5-17(7-13(2,3)16-18)12(9)11(15)10(8)14/h4-6H,7H2,1-3H3. The van der Waals surface area contributed by atoms with Gasteiger partial charge in [-0.1, -0.05) is 5.18 Å². The lowest BCUT2D eigenvalue weighted by Gasteiger charge is -2.17. The highest BCUT2D eigenvalue weighted by atomic mass is 19.2. The molecule has 0 amide bonds. The molecule has 5 heteroatoms. The molecular formula is C13H14F2N2O. The number of nitroso groups, excluding NO2 is 1. The fourth-order valence-electron chi connectivity index (χ4n) is 2.01. The van der Waals surface area contributed by atoms with Crippen molar-refractivity contribution >= 4 is 10.9 Å². The SMILES string of the molecule is Cc1cc2ccn(CC(C)(C)N=O)c2c(F)c1F. The average molecular weight is 252 g/mol. The van der Waals surface area contributed by atoms with Gasteiger partial charge in [-0.05, 0) is 38.5 Å². The number of fused-ring (bicyclic) bond motifs is 1. The van der Waals surface area contributed by atoms with E-state index in [1.165, 1.54) is 11.5 Å². The van der Waals surface area contributed by atoms with Crippen molar-refractivity contribution in [1.82, 2.24) is 4.57 Å². The largest absolute Gasteiger partial charge is 0.342 e. The predicted octanol–water partition coefficient (Wildman–Crippen LogP) is 3.77. The molecule has 0 fully saturated rings. The second kappa shape index (κ2) is 4.15. The van der Waals surface area contributed by atoms with Gasteiger partial charge in [0.25, 0.3) is 0 Å². The smallest absolute Gasteiger partial charge is 0.183 e. The second-order valence-electron chi connectivity index (χ2n) is 5.11. The van der Waals surface area contributed by atoms with Crippen molar-refractivity contribution in [3.8, 4) is 0 Å². The van der Waals surface area contributed by atoms with E-state index in [4.69, 9.17) is 0 Å². The summed E-state index contributed by atoms with van der Waals surface area (Å²) in [6.45, 7) is 5.02.